The molecule has 1 aromatic carbocycles. The maximum absolute atomic E-state index is 11.7. The fourth-order valence-corrected chi connectivity index (χ4v) is 2.21. The van der Waals surface area contributed by atoms with E-state index in [4.69, 9.17) is 11.6 Å². The molecule has 3 N–H and O–H groups in total. The second-order valence-corrected chi connectivity index (χ2v) is 6.38. The van der Waals surface area contributed by atoms with Crippen molar-refractivity contribution in [2.75, 3.05) is 29.4 Å². The van der Waals surface area contributed by atoms with Gasteiger partial charge in [0.1, 0.15) is 0 Å². The lowest BCUT2D eigenvalue weighted by atomic mass is 10.2. The summed E-state index contributed by atoms with van der Waals surface area (Å²) in [6.07, 6.45) is 1.37. The lowest BCUT2D eigenvalue weighted by Gasteiger charge is -2.10. The maximum Gasteiger partial charge on any atom is 0.229 e. The summed E-state index contributed by atoms with van der Waals surface area (Å²) in [5, 5.41) is 6.03. The molecule has 1 aromatic rings. The van der Waals surface area contributed by atoms with E-state index in [-0.39, 0.29) is 5.91 Å². The summed E-state index contributed by atoms with van der Waals surface area (Å²) in [6.45, 7) is 3.32. The minimum atomic E-state index is -3.37. The van der Waals surface area contributed by atoms with Gasteiger partial charge < -0.3 is 10.6 Å². The summed E-state index contributed by atoms with van der Waals surface area (Å²) in [5.74, 6) is -0.190. The van der Waals surface area contributed by atoms with Crippen LogP contribution in [0.3, 0.4) is 0 Å². The average Bonchev–Trinajstić information content (AvgIpc) is 2.32. The number of amides is 1. The molecule has 0 saturated heterocycles. The van der Waals surface area contributed by atoms with Gasteiger partial charge in [-0.25, -0.2) is 8.42 Å². The Bertz CT molecular complexity index is 575. The number of halogens is 1. The first kappa shape index (κ1) is 16.7. The monoisotopic (exact) mass is 319 g/mol. The van der Waals surface area contributed by atoms with Crippen molar-refractivity contribution in [2.45, 2.75) is 13.3 Å². The summed E-state index contributed by atoms with van der Waals surface area (Å²) in [4.78, 5) is 11.7. The maximum atomic E-state index is 11.7. The first-order chi connectivity index (χ1) is 9.31. The van der Waals surface area contributed by atoms with Gasteiger partial charge in [0.15, 0.2) is 0 Å². The van der Waals surface area contributed by atoms with Gasteiger partial charge in [-0.1, -0.05) is 18.5 Å². The zero-order valence-corrected chi connectivity index (χ0v) is 12.9. The fourth-order valence-electron chi connectivity index (χ4n) is 1.49. The standard InChI is InChI=1S/C12H18ClN3O3S/c1-3-14-7-6-12(17)15-11-8-9(4-5-10(11)13)16-20(2,18)19/h4-5,8,14,16H,3,6-7H2,1-2H3,(H,15,17). The average molecular weight is 320 g/mol. The highest BCUT2D eigenvalue weighted by Gasteiger charge is 2.08. The van der Waals surface area contributed by atoms with Crippen LogP contribution in [0.25, 0.3) is 0 Å². The van der Waals surface area contributed by atoms with E-state index in [2.05, 4.69) is 15.4 Å². The molecular weight excluding hydrogens is 302 g/mol. The van der Waals surface area contributed by atoms with E-state index in [1.54, 1.807) is 0 Å². The van der Waals surface area contributed by atoms with Gasteiger partial charge in [0.25, 0.3) is 0 Å². The molecule has 6 nitrogen and oxygen atoms in total. The van der Waals surface area contributed by atoms with E-state index in [0.29, 0.717) is 29.4 Å². The van der Waals surface area contributed by atoms with Crippen molar-refractivity contribution in [1.82, 2.24) is 5.32 Å². The number of carbonyl (C=O) groups is 1. The Balaban J connectivity index is 2.74. The van der Waals surface area contributed by atoms with Crippen LogP contribution in [0.1, 0.15) is 13.3 Å². The Labute approximate surface area is 123 Å². The molecule has 1 rings (SSSR count). The minimum absolute atomic E-state index is 0.190. The largest absolute Gasteiger partial charge is 0.325 e. The summed E-state index contributed by atoms with van der Waals surface area (Å²) < 4.78 is 24.6. The minimum Gasteiger partial charge on any atom is -0.325 e. The van der Waals surface area contributed by atoms with Crippen LogP contribution in [0.5, 0.6) is 0 Å². The van der Waals surface area contributed by atoms with Crippen molar-refractivity contribution < 1.29 is 13.2 Å². The predicted molar refractivity (Wildman–Crippen MR) is 81.7 cm³/mol. The fraction of sp³-hybridized carbons (Fsp3) is 0.417. The third-order valence-corrected chi connectivity index (χ3v) is 3.26. The third kappa shape index (κ3) is 6.23. The Morgan fingerprint density at radius 1 is 1.35 bits per heavy atom. The zero-order valence-electron chi connectivity index (χ0n) is 11.4. The van der Waals surface area contributed by atoms with Crippen LogP contribution < -0.4 is 15.4 Å². The smallest absolute Gasteiger partial charge is 0.229 e. The second kappa shape index (κ2) is 7.47. The normalized spacial score (nSPS) is 11.2. The lowest BCUT2D eigenvalue weighted by Crippen LogP contribution is -2.21. The van der Waals surface area contributed by atoms with Crippen LogP contribution in [0, 0.1) is 0 Å². The van der Waals surface area contributed by atoms with E-state index in [1.807, 2.05) is 6.92 Å². The molecule has 0 radical (unpaired) electrons. The quantitative estimate of drug-likeness (QED) is 0.667. The number of hydrogen-bond acceptors (Lipinski definition) is 4. The van der Waals surface area contributed by atoms with Gasteiger partial charge in [-0.05, 0) is 24.7 Å². The van der Waals surface area contributed by atoms with E-state index >= 15 is 0 Å². The number of carbonyl (C=O) groups excluding carboxylic acids is 1. The molecule has 1 amide bonds. The molecule has 8 heteroatoms. The second-order valence-electron chi connectivity index (χ2n) is 4.22. The molecule has 0 aliphatic rings. The first-order valence-corrected chi connectivity index (χ1v) is 8.36. The zero-order chi connectivity index (χ0) is 15.2. The number of sulfonamides is 1. The van der Waals surface area contributed by atoms with Gasteiger partial charge in [0.2, 0.25) is 15.9 Å². The molecule has 0 atom stereocenters. The van der Waals surface area contributed by atoms with E-state index in [1.165, 1.54) is 18.2 Å². The van der Waals surface area contributed by atoms with Gasteiger partial charge in [-0.3, -0.25) is 9.52 Å². The van der Waals surface area contributed by atoms with Gasteiger partial charge in [0, 0.05) is 13.0 Å². The highest BCUT2D eigenvalue weighted by Crippen LogP contribution is 2.26. The van der Waals surface area contributed by atoms with E-state index in [9.17, 15) is 13.2 Å². The van der Waals surface area contributed by atoms with Crippen molar-refractivity contribution in [3.8, 4) is 0 Å². The summed E-state index contributed by atoms with van der Waals surface area (Å²) in [7, 11) is -3.37. The van der Waals surface area contributed by atoms with Crippen molar-refractivity contribution >= 4 is 38.9 Å². The van der Waals surface area contributed by atoms with Crippen LogP contribution in [0.4, 0.5) is 11.4 Å². The summed E-state index contributed by atoms with van der Waals surface area (Å²) in [6, 6.07) is 4.53. The molecule has 112 valence electrons. The molecule has 0 saturated carbocycles. The van der Waals surface area contributed by atoms with Crippen LogP contribution in [-0.4, -0.2) is 33.7 Å². The Morgan fingerprint density at radius 2 is 2.05 bits per heavy atom. The topological polar surface area (TPSA) is 87.3 Å². The number of rotatable bonds is 7. The Kier molecular flexibility index (Phi) is 6.25. The molecule has 0 bridgehead atoms. The number of benzene rings is 1. The van der Waals surface area contributed by atoms with Crippen LogP contribution in [0.2, 0.25) is 5.02 Å². The molecule has 0 aliphatic heterocycles. The van der Waals surface area contributed by atoms with Crippen LogP contribution in [-0.2, 0) is 14.8 Å². The van der Waals surface area contributed by atoms with Crippen molar-refractivity contribution in [1.29, 1.82) is 0 Å². The highest BCUT2D eigenvalue weighted by molar-refractivity contribution is 7.92. The number of anilines is 2. The number of nitrogens with one attached hydrogen (secondary N) is 3. The molecular formula is C12H18ClN3O3S. The summed E-state index contributed by atoms with van der Waals surface area (Å²) >= 11 is 5.97. The molecule has 0 spiro atoms. The van der Waals surface area contributed by atoms with Gasteiger partial charge in [-0.2, -0.15) is 0 Å². The molecule has 0 fully saturated rings. The summed E-state index contributed by atoms with van der Waals surface area (Å²) in [5.41, 5.74) is 0.723. The molecule has 0 heterocycles. The first-order valence-electron chi connectivity index (χ1n) is 6.09. The SMILES string of the molecule is CCNCCC(=O)Nc1cc(NS(C)(=O)=O)ccc1Cl. The molecule has 0 aromatic heterocycles. The van der Waals surface area contributed by atoms with Gasteiger partial charge in [0.05, 0.1) is 22.7 Å². The van der Waals surface area contributed by atoms with Crippen molar-refractivity contribution in [2.24, 2.45) is 0 Å². The van der Waals surface area contributed by atoms with Gasteiger partial charge in [-0.15, -0.1) is 0 Å². The molecule has 0 aliphatic carbocycles. The lowest BCUT2D eigenvalue weighted by molar-refractivity contribution is -0.116. The van der Waals surface area contributed by atoms with Crippen LogP contribution >= 0.6 is 11.6 Å². The van der Waals surface area contributed by atoms with Crippen LogP contribution in [0.15, 0.2) is 18.2 Å². The highest BCUT2D eigenvalue weighted by atomic mass is 35.5. The van der Waals surface area contributed by atoms with E-state index in [0.717, 1.165) is 12.8 Å². The molecule has 20 heavy (non-hydrogen) atoms. The van der Waals surface area contributed by atoms with Crippen molar-refractivity contribution in [3.63, 3.8) is 0 Å². The predicted octanol–water partition coefficient (Wildman–Crippen LogP) is 1.65. The Hall–Kier alpha value is -1.31. The van der Waals surface area contributed by atoms with Crippen molar-refractivity contribution in [3.05, 3.63) is 23.2 Å². The van der Waals surface area contributed by atoms with Gasteiger partial charge >= 0.3 is 0 Å². The Morgan fingerprint density at radius 3 is 2.65 bits per heavy atom. The third-order valence-electron chi connectivity index (χ3n) is 2.32. The number of hydrogen-bond donors (Lipinski definition) is 3. The molecule has 0 unspecified atom stereocenters. The van der Waals surface area contributed by atoms with E-state index < -0.39 is 10.0 Å².